The van der Waals surface area contributed by atoms with Gasteiger partial charge in [0.25, 0.3) is 0 Å². The van der Waals surface area contributed by atoms with Crippen LogP contribution in [0, 0.1) is 5.92 Å². The number of aliphatic carboxylic acids is 1. The van der Waals surface area contributed by atoms with Gasteiger partial charge in [-0.3, -0.25) is 9.59 Å². The highest BCUT2D eigenvalue weighted by Gasteiger charge is 2.32. The Morgan fingerprint density at radius 2 is 2.29 bits per heavy atom. The normalized spacial score (nSPS) is 23.7. The van der Waals surface area contributed by atoms with Crippen molar-refractivity contribution in [1.82, 2.24) is 4.90 Å². The lowest BCUT2D eigenvalue weighted by Gasteiger charge is -2.12. The molecule has 0 fully saturated rings. The topological polar surface area (TPSA) is 57.6 Å². The number of carboxylic acids is 1. The van der Waals surface area contributed by atoms with Gasteiger partial charge in [0.15, 0.2) is 0 Å². The first-order chi connectivity index (χ1) is 6.68. The average Bonchev–Trinajstić information content (AvgIpc) is 2.44. The van der Waals surface area contributed by atoms with Crippen LogP contribution in [0.5, 0.6) is 0 Å². The van der Waals surface area contributed by atoms with E-state index in [-0.39, 0.29) is 18.4 Å². The fourth-order valence-corrected chi connectivity index (χ4v) is 1.60. The van der Waals surface area contributed by atoms with Crippen LogP contribution < -0.4 is 0 Å². The van der Waals surface area contributed by atoms with Crippen LogP contribution in [-0.4, -0.2) is 28.4 Å². The number of hydrogen-bond donors (Lipinski definition) is 1. The third kappa shape index (κ3) is 1.35. The molecule has 1 amide bonds. The Hall–Kier alpha value is -1.84. The van der Waals surface area contributed by atoms with E-state index in [9.17, 15) is 9.59 Å². The summed E-state index contributed by atoms with van der Waals surface area (Å²) in [6.07, 6.45) is 8.83. The third-order valence-corrected chi connectivity index (χ3v) is 2.22. The van der Waals surface area contributed by atoms with Crippen LogP contribution in [0.15, 0.2) is 36.1 Å². The van der Waals surface area contributed by atoms with Crippen LogP contribution in [0.3, 0.4) is 0 Å². The molecule has 1 atom stereocenters. The molecule has 0 radical (unpaired) electrons. The Labute approximate surface area is 80.8 Å². The predicted octanol–water partition coefficient (Wildman–Crippen LogP) is 0.539. The minimum absolute atomic E-state index is 0.164. The van der Waals surface area contributed by atoms with Crippen LogP contribution in [0.1, 0.15) is 0 Å². The van der Waals surface area contributed by atoms with Crippen LogP contribution in [0.25, 0.3) is 0 Å². The Balaban J connectivity index is 2.21. The minimum Gasteiger partial charge on any atom is -0.480 e. The summed E-state index contributed by atoms with van der Waals surface area (Å²) in [5, 5.41) is 8.57. The van der Waals surface area contributed by atoms with Crippen LogP contribution >= 0.6 is 0 Å². The first-order valence-electron chi connectivity index (χ1n) is 4.27. The average molecular weight is 191 g/mol. The molecule has 72 valence electrons. The van der Waals surface area contributed by atoms with Crippen molar-refractivity contribution < 1.29 is 14.7 Å². The molecule has 1 aliphatic carbocycles. The standard InChI is InChI=1S/C10H9NO3/c12-9(13)6-11-5-7-3-1-2-4-8(7)10(11)14/h1-5,8H,6H2,(H,12,13). The summed E-state index contributed by atoms with van der Waals surface area (Å²) >= 11 is 0. The molecule has 2 aliphatic rings. The predicted molar refractivity (Wildman–Crippen MR) is 49.2 cm³/mol. The number of carbonyl (C=O) groups is 2. The highest BCUT2D eigenvalue weighted by Crippen LogP contribution is 2.27. The van der Waals surface area contributed by atoms with Crippen molar-refractivity contribution >= 4 is 11.9 Å². The molecule has 4 nitrogen and oxygen atoms in total. The summed E-state index contributed by atoms with van der Waals surface area (Å²) in [7, 11) is 0. The Morgan fingerprint density at radius 1 is 1.50 bits per heavy atom. The first-order valence-corrected chi connectivity index (χ1v) is 4.27. The van der Waals surface area contributed by atoms with E-state index < -0.39 is 5.97 Å². The number of allylic oxidation sites excluding steroid dienone is 3. The van der Waals surface area contributed by atoms with Gasteiger partial charge in [0, 0.05) is 6.20 Å². The van der Waals surface area contributed by atoms with Gasteiger partial charge in [0.2, 0.25) is 5.91 Å². The molecule has 0 aromatic heterocycles. The van der Waals surface area contributed by atoms with Crippen molar-refractivity contribution in [3.8, 4) is 0 Å². The number of nitrogens with zero attached hydrogens (tertiary/aromatic N) is 1. The molecule has 4 heteroatoms. The van der Waals surface area contributed by atoms with Crippen molar-refractivity contribution in [2.75, 3.05) is 6.54 Å². The summed E-state index contributed by atoms with van der Waals surface area (Å²) in [5.74, 6) is -1.44. The van der Waals surface area contributed by atoms with Gasteiger partial charge >= 0.3 is 5.97 Å². The Bertz CT molecular complexity index is 379. The van der Waals surface area contributed by atoms with Gasteiger partial charge in [-0.15, -0.1) is 0 Å². The summed E-state index contributed by atoms with van der Waals surface area (Å²) in [6, 6.07) is 0. The molecule has 0 bridgehead atoms. The largest absolute Gasteiger partial charge is 0.480 e. The molecular formula is C10H9NO3. The number of rotatable bonds is 2. The zero-order valence-corrected chi connectivity index (χ0v) is 7.38. The summed E-state index contributed by atoms with van der Waals surface area (Å²) in [4.78, 5) is 23.3. The molecule has 1 aliphatic heterocycles. The fourth-order valence-electron chi connectivity index (χ4n) is 1.60. The quantitative estimate of drug-likeness (QED) is 0.693. The van der Waals surface area contributed by atoms with E-state index in [4.69, 9.17) is 5.11 Å². The van der Waals surface area contributed by atoms with Gasteiger partial charge in [-0.05, 0) is 5.57 Å². The van der Waals surface area contributed by atoms with Crippen LogP contribution in [0.4, 0.5) is 0 Å². The number of carboxylic acid groups (broad SMARTS) is 1. The molecular weight excluding hydrogens is 182 g/mol. The maximum absolute atomic E-state index is 11.6. The van der Waals surface area contributed by atoms with Crippen molar-refractivity contribution in [3.05, 3.63) is 36.1 Å². The zero-order valence-electron chi connectivity index (χ0n) is 7.38. The van der Waals surface area contributed by atoms with E-state index in [2.05, 4.69) is 0 Å². The maximum Gasteiger partial charge on any atom is 0.323 e. The second-order valence-corrected chi connectivity index (χ2v) is 3.21. The summed E-state index contributed by atoms with van der Waals surface area (Å²) < 4.78 is 0. The van der Waals surface area contributed by atoms with Gasteiger partial charge in [0.1, 0.15) is 6.54 Å². The second kappa shape index (κ2) is 3.14. The van der Waals surface area contributed by atoms with E-state index in [0.29, 0.717) is 0 Å². The highest BCUT2D eigenvalue weighted by atomic mass is 16.4. The van der Waals surface area contributed by atoms with Gasteiger partial charge in [0.05, 0.1) is 5.92 Å². The summed E-state index contributed by atoms with van der Waals surface area (Å²) in [6.45, 7) is -0.263. The van der Waals surface area contributed by atoms with E-state index >= 15 is 0 Å². The van der Waals surface area contributed by atoms with Crippen molar-refractivity contribution in [2.45, 2.75) is 0 Å². The second-order valence-electron chi connectivity index (χ2n) is 3.21. The van der Waals surface area contributed by atoms with E-state index in [1.54, 1.807) is 18.4 Å². The molecule has 0 aromatic rings. The van der Waals surface area contributed by atoms with Gasteiger partial charge < -0.3 is 10.0 Å². The molecule has 1 N–H and O–H groups in total. The number of fused-ring (bicyclic) bond motifs is 1. The van der Waals surface area contributed by atoms with Crippen molar-refractivity contribution in [3.63, 3.8) is 0 Å². The van der Waals surface area contributed by atoms with E-state index in [0.717, 1.165) is 5.57 Å². The van der Waals surface area contributed by atoms with Gasteiger partial charge in [-0.2, -0.15) is 0 Å². The number of hydrogen-bond acceptors (Lipinski definition) is 2. The summed E-state index contributed by atoms with van der Waals surface area (Å²) in [5.41, 5.74) is 0.860. The lowest BCUT2D eigenvalue weighted by Crippen LogP contribution is -2.30. The van der Waals surface area contributed by atoms with Gasteiger partial charge in [-0.25, -0.2) is 0 Å². The van der Waals surface area contributed by atoms with Crippen LogP contribution in [-0.2, 0) is 9.59 Å². The molecule has 14 heavy (non-hydrogen) atoms. The maximum atomic E-state index is 11.6. The minimum atomic E-state index is -0.998. The van der Waals surface area contributed by atoms with Crippen molar-refractivity contribution in [2.24, 2.45) is 5.92 Å². The molecule has 0 saturated carbocycles. The molecule has 1 unspecified atom stereocenters. The molecule has 1 heterocycles. The molecule has 2 rings (SSSR count). The smallest absolute Gasteiger partial charge is 0.323 e. The third-order valence-electron chi connectivity index (χ3n) is 2.22. The highest BCUT2D eigenvalue weighted by molar-refractivity contribution is 5.91. The monoisotopic (exact) mass is 191 g/mol. The number of amides is 1. The molecule has 0 spiro atoms. The SMILES string of the molecule is O=C(O)CN1C=C2C=CC=CC2C1=O. The lowest BCUT2D eigenvalue weighted by molar-refractivity contribution is -0.142. The molecule has 0 saturated heterocycles. The fraction of sp³-hybridized carbons (Fsp3) is 0.200. The molecule has 0 aromatic carbocycles. The van der Waals surface area contributed by atoms with Gasteiger partial charge in [-0.1, -0.05) is 24.3 Å². The van der Waals surface area contributed by atoms with E-state index in [1.807, 2.05) is 12.2 Å². The van der Waals surface area contributed by atoms with E-state index in [1.165, 1.54) is 4.90 Å². The van der Waals surface area contributed by atoms with Crippen molar-refractivity contribution in [1.29, 1.82) is 0 Å². The Morgan fingerprint density at radius 3 is 2.93 bits per heavy atom. The number of carbonyl (C=O) groups excluding carboxylic acids is 1. The Kier molecular flexibility index (Phi) is 1.96. The van der Waals surface area contributed by atoms with Crippen LogP contribution in [0.2, 0.25) is 0 Å². The zero-order chi connectivity index (χ0) is 10.1. The first kappa shape index (κ1) is 8.74. The lowest BCUT2D eigenvalue weighted by atomic mass is 9.97.